The van der Waals surface area contributed by atoms with E-state index in [0.29, 0.717) is 36.1 Å². The summed E-state index contributed by atoms with van der Waals surface area (Å²) in [5.41, 5.74) is 5.32. The summed E-state index contributed by atoms with van der Waals surface area (Å²) in [5.74, 6) is -0.553. The van der Waals surface area contributed by atoms with Gasteiger partial charge in [0, 0.05) is 29.7 Å². The summed E-state index contributed by atoms with van der Waals surface area (Å²) in [4.78, 5) is 29.4. The second kappa shape index (κ2) is 10.7. The molecule has 5 heteroatoms. The molecule has 0 spiro atoms. The van der Waals surface area contributed by atoms with Crippen LogP contribution in [0.1, 0.15) is 74.1 Å². The van der Waals surface area contributed by atoms with Crippen molar-refractivity contribution in [3.63, 3.8) is 0 Å². The van der Waals surface area contributed by atoms with E-state index in [0.717, 1.165) is 36.2 Å². The molecule has 37 heavy (non-hydrogen) atoms. The van der Waals surface area contributed by atoms with Gasteiger partial charge in [0.15, 0.2) is 5.78 Å². The lowest BCUT2D eigenvalue weighted by molar-refractivity contribution is -0.119. The lowest BCUT2D eigenvalue weighted by atomic mass is 9.78. The fourth-order valence-corrected chi connectivity index (χ4v) is 5.58. The Morgan fingerprint density at radius 3 is 2.46 bits per heavy atom. The van der Waals surface area contributed by atoms with Crippen LogP contribution in [0.3, 0.4) is 0 Å². The van der Waals surface area contributed by atoms with E-state index in [2.05, 4.69) is 36.5 Å². The minimum absolute atomic E-state index is 0.0135. The quantitative estimate of drug-likeness (QED) is 0.357. The smallest absolute Gasteiger partial charge is 0.227 e. The van der Waals surface area contributed by atoms with Gasteiger partial charge < -0.3 is 5.32 Å². The number of halogens is 1. The number of fused-ring (bicyclic) bond motifs is 1. The Hall–Kier alpha value is -3.73. The average molecular weight is 497 g/mol. The highest BCUT2D eigenvalue weighted by atomic mass is 19.1. The molecule has 5 rings (SSSR count). The van der Waals surface area contributed by atoms with Gasteiger partial charge in [-0.3, -0.25) is 14.5 Å². The number of benzene rings is 3. The van der Waals surface area contributed by atoms with Gasteiger partial charge in [0.05, 0.1) is 17.4 Å². The predicted octanol–water partition coefficient (Wildman–Crippen LogP) is 7.62. The summed E-state index contributed by atoms with van der Waals surface area (Å²) >= 11 is 0. The zero-order chi connectivity index (χ0) is 25.9. The maximum atomic E-state index is 15.4. The predicted molar refractivity (Wildman–Crippen MR) is 146 cm³/mol. The van der Waals surface area contributed by atoms with E-state index >= 15 is 4.39 Å². The van der Waals surface area contributed by atoms with Gasteiger partial charge >= 0.3 is 0 Å². The molecule has 0 fully saturated rings. The van der Waals surface area contributed by atoms with Crippen molar-refractivity contribution in [2.24, 2.45) is 0 Å². The zero-order valence-corrected chi connectivity index (χ0v) is 21.5. The second-order valence-electron chi connectivity index (χ2n) is 10.1. The van der Waals surface area contributed by atoms with Gasteiger partial charge in [0.1, 0.15) is 5.82 Å². The van der Waals surface area contributed by atoms with E-state index in [1.807, 2.05) is 31.2 Å². The zero-order valence-electron chi connectivity index (χ0n) is 21.5. The number of rotatable bonds is 6. The second-order valence-corrected chi connectivity index (χ2v) is 10.1. The summed E-state index contributed by atoms with van der Waals surface area (Å²) < 4.78 is 15.4. The first kappa shape index (κ1) is 24.9. The molecule has 0 aromatic heterocycles. The minimum atomic E-state index is -0.826. The highest BCUT2D eigenvalue weighted by Crippen LogP contribution is 2.48. The van der Waals surface area contributed by atoms with Crippen LogP contribution in [0.25, 0.3) is 0 Å². The van der Waals surface area contributed by atoms with Crippen LogP contribution in [-0.2, 0) is 9.59 Å². The van der Waals surface area contributed by atoms with Crippen LogP contribution >= 0.6 is 0 Å². The monoisotopic (exact) mass is 496 g/mol. The summed E-state index contributed by atoms with van der Waals surface area (Å²) in [5, 5.41) is 3.52. The van der Waals surface area contributed by atoms with Crippen molar-refractivity contribution in [3.05, 3.63) is 107 Å². The summed E-state index contributed by atoms with van der Waals surface area (Å²) in [6, 6.07) is 21.6. The summed E-state index contributed by atoms with van der Waals surface area (Å²) in [6.45, 7) is 4.14. The molecule has 1 aliphatic heterocycles. The molecule has 3 aromatic rings. The number of allylic oxidation sites excluding steroid dienone is 1. The molecule has 190 valence electrons. The van der Waals surface area contributed by atoms with Gasteiger partial charge in [-0.05, 0) is 49.4 Å². The molecule has 1 heterocycles. The average Bonchev–Trinajstić information content (AvgIpc) is 3.04. The molecule has 4 nitrogen and oxygen atoms in total. The molecule has 0 unspecified atom stereocenters. The Morgan fingerprint density at radius 1 is 0.973 bits per heavy atom. The van der Waals surface area contributed by atoms with Crippen molar-refractivity contribution in [2.45, 2.75) is 64.3 Å². The summed E-state index contributed by atoms with van der Waals surface area (Å²) in [6.07, 6.45) is 3.96. The molecule has 3 aromatic carbocycles. The van der Waals surface area contributed by atoms with Crippen LogP contribution in [0.15, 0.2) is 84.1 Å². The number of Topliss-reactive ketones (excluding diaryl/α,β-unsaturated/α-hetero) is 1. The van der Waals surface area contributed by atoms with Gasteiger partial charge in [0.2, 0.25) is 5.91 Å². The lowest BCUT2D eigenvalue weighted by Gasteiger charge is -2.35. The first-order valence-electron chi connectivity index (χ1n) is 13.2. The Labute approximate surface area is 218 Å². The van der Waals surface area contributed by atoms with E-state index in [1.165, 1.54) is 11.6 Å². The number of carbonyl (C=O) groups is 2. The molecule has 2 aliphatic rings. The number of para-hydroxylation sites is 2. The molecule has 0 radical (unpaired) electrons. The van der Waals surface area contributed by atoms with Crippen LogP contribution < -0.4 is 10.2 Å². The van der Waals surface area contributed by atoms with Crippen LogP contribution in [0, 0.1) is 12.7 Å². The molecule has 0 bridgehead atoms. The van der Waals surface area contributed by atoms with Crippen molar-refractivity contribution in [3.8, 4) is 0 Å². The molecule has 0 saturated heterocycles. The van der Waals surface area contributed by atoms with Gasteiger partial charge in [-0.15, -0.1) is 0 Å². The fourth-order valence-electron chi connectivity index (χ4n) is 5.58. The number of hydrogen-bond acceptors (Lipinski definition) is 3. The third-order valence-corrected chi connectivity index (χ3v) is 7.50. The Bertz CT molecular complexity index is 1340. The topological polar surface area (TPSA) is 49.4 Å². The highest BCUT2D eigenvalue weighted by molar-refractivity contribution is 6.06. The number of aryl methyl sites for hydroxylation is 1. The third kappa shape index (κ3) is 4.95. The number of nitrogens with zero attached hydrogens (tertiary/aromatic N) is 1. The van der Waals surface area contributed by atoms with Gasteiger partial charge in [0.25, 0.3) is 0 Å². The van der Waals surface area contributed by atoms with Crippen LogP contribution in [0.2, 0.25) is 0 Å². The van der Waals surface area contributed by atoms with Gasteiger partial charge in [-0.1, -0.05) is 79.9 Å². The number of carbonyl (C=O) groups excluding carboxylic acids is 2. The van der Waals surface area contributed by atoms with Crippen LogP contribution in [0.4, 0.5) is 15.8 Å². The normalized spacial score (nSPS) is 19.1. The number of nitrogens with one attached hydrogen (secondary N) is 1. The highest BCUT2D eigenvalue weighted by Gasteiger charge is 2.42. The van der Waals surface area contributed by atoms with Crippen molar-refractivity contribution in [2.75, 3.05) is 10.2 Å². The van der Waals surface area contributed by atoms with E-state index in [-0.39, 0.29) is 17.6 Å². The molecule has 2 atom stereocenters. The van der Waals surface area contributed by atoms with Crippen LogP contribution in [-0.4, -0.2) is 11.7 Å². The Balaban J connectivity index is 1.67. The standard InChI is InChI=1S/C32H33FN2O2/c1-3-4-5-14-30(37)35-28-13-9-8-12-26(28)34-27-19-23(22-17-15-21(2)16-18-22)20-29(36)31(27)32(35)24-10-6-7-11-25(24)33/h6-13,15-18,23,32,34H,3-5,14,19-20H2,1-2H3/t23-,32-/m1/s1. The number of anilines is 2. The molecule has 1 N–H and O–H groups in total. The number of hydrogen-bond donors (Lipinski definition) is 1. The number of ketones is 1. The van der Waals surface area contributed by atoms with Crippen LogP contribution in [0.5, 0.6) is 0 Å². The number of unbranched alkanes of at least 4 members (excludes halogenated alkanes) is 2. The number of amides is 1. The van der Waals surface area contributed by atoms with E-state index in [4.69, 9.17) is 0 Å². The van der Waals surface area contributed by atoms with Crippen molar-refractivity contribution in [1.82, 2.24) is 0 Å². The fraction of sp³-hybridized carbons (Fsp3) is 0.312. The van der Waals surface area contributed by atoms with E-state index in [1.54, 1.807) is 23.1 Å². The minimum Gasteiger partial charge on any atom is -0.357 e. The largest absolute Gasteiger partial charge is 0.357 e. The maximum Gasteiger partial charge on any atom is 0.227 e. The molecular formula is C32H33FN2O2. The SMILES string of the molecule is CCCCCC(=O)N1c2ccccc2NC2=C(C(=O)C[C@H](c3ccc(C)cc3)C2)[C@H]1c1ccccc1F. The molecule has 1 aliphatic carbocycles. The van der Waals surface area contributed by atoms with E-state index < -0.39 is 11.9 Å². The van der Waals surface area contributed by atoms with Gasteiger partial charge in [-0.25, -0.2) is 4.39 Å². The molecular weight excluding hydrogens is 463 g/mol. The third-order valence-electron chi connectivity index (χ3n) is 7.50. The Morgan fingerprint density at radius 2 is 1.70 bits per heavy atom. The maximum absolute atomic E-state index is 15.4. The Kier molecular flexibility index (Phi) is 7.22. The van der Waals surface area contributed by atoms with Crippen molar-refractivity contribution in [1.29, 1.82) is 0 Å². The van der Waals surface area contributed by atoms with Crippen molar-refractivity contribution < 1.29 is 14.0 Å². The molecule has 1 amide bonds. The molecule has 0 saturated carbocycles. The first-order valence-corrected chi connectivity index (χ1v) is 13.2. The van der Waals surface area contributed by atoms with E-state index in [9.17, 15) is 9.59 Å². The lowest BCUT2D eigenvalue weighted by Crippen LogP contribution is -2.38. The van der Waals surface area contributed by atoms with Crippen molar-refractivity contribution >= 4 is 23.1 Å². The first-order chi connectivity index (χ1) is 18.0. The summed E-state index contributed by atoms with van der Waals surface area (Å²) in [7, 11) is 0. The van der Waals surface area contributed by atoms with Gasteiger partial charge in [-0.2, -0.15) is 0 Å².